The topological polar surface area (TPSA) is 190 Å². The number of rotatable bonds is 17. The molecule has 0 unspecified atom stereocenters. The maximum Gasteiger partial charge on any atom is 0.195 e. The van der Waals surface area contributed by atoms with Gasteiger partial charge in [-0.1, -0.05) is 27.7 Å². The largest absolute Gasteiger partial charge is 0.361 e. The summed E-state index contributed by atoms with van der Waals surface area (Å²) in [6, 6.07) is 0. The van der Waals surface area contributed by atoms with Crippen molar-refractivity contribution in [2.45, 2.75) is 82.1 Å². The molecule has 0 amide bonds. The lowest BCUT2D eigenvalue weighted by Crippen LogP contribution is -2.36. The van der Waals surface area contributed by atoms with Crippen LogP contribution in [0.2, 0.25) is 0 Å². The highest BCUT2D eigenvalue weighted by Gasteiger charge is 2.02. The molecule has 0 saturated carbocycles. The van der Waals surface area contributed by atoms with Gasteiger partial charge >= 0.3 is 0 Å². The Kier molecular flexibility index (Phi) is 46.7. The average Bonchev–Trinajstić information content (AvgIpc) is 3.06. The van der Waals surface area contributed by atoms with E-state index in [1.807, 2.05) is 13.8 Å². The fourth-order valence-corrected chi connectivity index (χ4v) is 3.08. The van der Waals surface area contributed by atoms with E-state index in [2.05, 4.69) is 117 Å². The van der Waals surface area contributed by atoms with Gasteiger partial charge in [0.05, 0.1) is 22.8 Å². The maximum absolute atomic E-state index is 9.79. The second-order valence-electron chi connectivity index (χ2n) is 9.43. The van der Waals surface area contributed by atoms with E-state index in [1.54, 1.807) is 13.8 Å². The summed E-state index contributed by atoms with van der Waals surface area (Å²) >= 11 is 14.8. The van der Waals surface area contributed by atoms with E-state index in [0.717, 1.165) is 76.6 Å². The Balaban J connectivity index is -0.000000284. The number of nitrogens with zero attached hydrogens (tertiary/aromatic N) is 6. The Bertz CT molecular complexity index is 900. The van der Waals surface area contributed by atoms with Crippen LogP contribution in [0.15, 0.2) is 20.4 Å². The van der Waals surface area contributed by atoms with Gasteiger partial charge in [0.1, 0.15) is 0 Å². The van der Waals surface area contributed by atoms with Crippen molar-refractivity contribution in [3.8, 4) is 0 Å². The third-order valence-corrected chi connectivity index (χ3v) is 6.71. The van der Waals surface area contributed by atoms with Crippen molar-refractivity contribution in [1.29, 1.82) is 0 Å². The second-order valence-corrected chi connectivity index (χ2v) is 10.2. The summed E-state index contributed by atoms with van der Waals surface area (Å²) in [6.07, 6.45) is 2.08. The fraction of sp³-hybridized carbons (Fsp3) is 0.714. The van der Waals surface area contributed by atoms with Crippen LogP contribution in [0.5, 0.6) is 0 Å². The molecule has 276 valence electrons. The van der Waals surface area contributed by atoms with Crippen molar-refractivity contribution in [1.82, 2.24) is 31.3 Å². The van der Waals surface area contributed by atoms with Crippen LogP contribution in [0.4, 0.5) is 0 Å². The molecule has 0 fully saturated rings. The van der Waals surface area contributed by atoms with Crippen LogP contribution in [-0.2, 0) is 9.59 Å². The first kappa shape index (κ1) is 55.5. The van der Waals surface area contributed by atoms with E-state index >= 15 is 0 Å². The minimum atomic E-state index is -0.380. The van der Waals surface area contributed by atoms with Gasteiger partial charge in [-0.3, -0.25) is 20.4 Å². The molecule has 0 aliphatic heterocycles. The first-order valence-corrected chi connectivity index (χ1v) is 22.1. The van der Waals surface area contributed by atoms with Gasteiger partial charge in [-0.2, -0.15) is 20.4 Å². The van der Waals surface area contributed by atoms with Crippen molar-refractivity contribution in [2.24, 2.45) is 32.1 Å². The molecule has 47 heavy (non-hydrogen) atoms. The first-order valence-electron chi connectivity index (χ1n) is 15.0. The van der Waals surface area contributed by atoms with E-state index < -0.39 is 0 Å². The van der Waals surface area contributed by atoms with E-state index in [4.69, 9.17) is 36.1 Å². The third kappa shape index (κ3) is 37.8. The Morgan fingerprint density at radius 1 is 0.617 bits per heavy atom. The maximum atomic E-state index is 9.79. The number of hydrazone groups is 4. The summed E-state index contributed by atoms with van der Waals surface area (Å²) in [5.74, 6) is 9.04. The predicted molar refractivity (Wildman–Crippen MR) is 238 cm³/mol. The van der Waals surface area contributed by atoms with Gasteiger partial charge in [-0.05, 0) is 104 Å². The molecule has 0 spiro atoms. The van der Waals surface area contributed by atoms with Crippen LogP contribution in [0.1, 0.15) is 82.1 Å². The molecular formula is C28H59I3N12O2S2. The average molecular weight is 1040 g/mol. The number of hydrogen-bond donors (Lipinski definition) is 6. The van der Waals surface area contributed by atoms with Crippen LogP contribution in [0.3, 0.4) is 0 Å². The van der Waals surface area contributed by atoms with Crippen LogP contribution in [0.25, 0.3) is 0 Å². The van der Waals surface area contributed by atoms with Gasteiger partial charge in [0.2, 0.25) is 0 Å². The zero-order valence-corrected chi connectivity index (χ0v) is 38.0. The highest BCUT2D eigenvalue weighted by Crippen LogP contribution is 1.91. The highest BCUT2D eigenvalue weighted by molar-refractivity contribution is 15.0. The smallest absolute Gasteiger partial charge is 0.195 e. The molecule has 14 nitrogen and oxygen atoms in total. The van der Waals surface area contributed by atoms with Crippen molar-refractivity contribution in [3.05, 3.63) is 0 Å². The number of ketones is 2. The normalized spacial score (nSPS) is 11.4. The molecular weight excluding hydrogens is 981 g/mol. The molecule has 0 atom stereocenters. The molecule has 19 heteroatoms. The van der Waals surface area contributed by atoms with Crippen molar-refractivity contribution < 1.29 is 9.59 Å². The van der Waals surface area contributed by atoms with Gasteiger partial charge < -0.3 is 32.1 Å². The SMILES string of the molecule is CC(=N/N)/C(C)=N\N.CC(=O)C(C)=O.CCN(CC)CCCNC(=S)N/N=C(C)\C(C)=N/NC(=S)NCCCN(CC)CC.I.II. The molecule has 0 saturated heterocycles. The standard InChI is InChI=1S/C20H42N8S2.C4H10N4.C4H6O2.I2.HI/c1-7-27(8-2)15-11-13-21-19(29)25-23-17(5)18(6)24-26-20(30)22-14-12-16-28(9-3)10-4;1-3(7-5)4(2)8-6;1-3(5)4(2)6;1-2;/h7-16H2,1-6H3,(H2,21,25,29)(H2,22,26,30);5-6H2,1-2H3;1-2H3;;1H/b23-17-,24-18-;7-3-,8-4-;;;. The lowest BCUT2D eigenvalue weighted by molar-refractivity contribution is -0.134. The number of nitrogens with one attached hydrogen (secondary N) is 4. The Morgan fingerprint density at radius 3 is 1.11 bits per heavy atom. The van der Waals surface area contributed by atoms with E-state index in [-0.39, 0.29) is 35.5 Å². The molecule has 8 N–H and O–H groups in total. The number of hydrogen-bond acceptors (Lipinski definition) is 12. The Labute approximate surface area is 334 Å². The zero-order valence-electron chi connectivity index (χ0n) is 29.7. The second kappa shape index (κ2) is 39.5. The van der Waals surface area contributed by atoms with Crippen molar-refractivity contribution >= 4 is 130 Å². The summed E-state index contributed by atoms with van der Waals surface area (Å²) < 4.78 is 0. The minimum absolute atomic E-state index is 0. The highest BCUT2D eigenvalue weighted by atomic mass is 128. The van der Waals surface area contributed by atoms with Crippen LogP contribution >= 0.6 is 85.6 Å². The fourth-order valence-electron chi connectivity index (χ4n) is 2.79. The summed E-state index contributed by atoms with van der Waals surface area (Å²) in [6.45, 7) is 26.5. The number of nitrogens with two attached hydrogens (primary N) is 2. The summed E-state index contributed by atoms with van der Waals surface area (Å²) in [5.41, 5.74) is 8.52. The molecule has 0 aromatic carbocycles. The van der Waals surface area contributed by atoms with Crippen molar-refractivity contribution in [3.63, 3.8) is 0 Å². The van der Waals surface area contributed by atoms with Gasteiger partial charge in [-0.25, -0.2) is 0 Å². The lowest BCUT2D eigenvalue weighted by atomic mass is 10.3. The Hall–Kier alpha value is -0.890. The molecule has 0 bridgehead atoms. The van der Waals surface area contributed by atoms with Crippen LogP contribution in [0, 0.1) is 0 Å². The quantitative estimate of drug-likeness (QED) is 0.0231. The van der Waals surface area contributed by atoms with E-state index in [0.29, 0.717) is 21.6 Å². The van der Waals surface area contributed by atoms with Gasteiger partial charge in [0.15, 0.2) is 21.8 Å². The summed E-state index contributed by atoms with van der Waals surface area (Å²) in [4.78, 5) is 24.4. The molecule has 0 heterocycles. The number of carbonyl (C=O) groups excluding carboxylic acids is 2. The Morgan fingerprint density at radius 2 is 0.894 bits per heavy atom. The number of Topliss-reactive ketones (excluding diaryl/α,β-unsaturated/α-hetero) is 2. The zero-order chi connectivity index (χ0) is 36.5. The molecule has 0 radical (unpaired) electrons. The molecule has 0 aromatic rings. The molecule has 0 aromatic heterocycles. The van der Waals surface area contributed by atoms with Crippen molar-refractivity contribution in [2.75, 3.05) is 52.4 Å². The third-order valence-electron chi connectivity index (χ3n) is 6.24. The first-order chi connectivity index (χ1) is 21.7. The lowest BCUT2D eigenvalue weighted by Gasteiger charge is -2.18. The predicted octanol–water partition coefficient (Wildman–Crippen LogP) is 4.34. The van der Waals surface area contributed by atoms with E-state index in [1.165, 1.54) is 13.8 Å². The van der Waals surface area contributed by atoms with Gasteiger partial charge in [-0.15, -0.1) is 24.0 Å². The minimum Gasteiger partial charge on any atom is -0.361 e. The monoisotopic (exact) mass is 1040 g/mol. The van der Waals surface area contributed by atoms with Crippen LogP contribution < -0.4 is 33.2 Å². The molecule has 0 aliphatic rings. The number of halogens is 3. The van der Waals surface area contributed by atoms with Crippen LogP contribution in [-0.4, -0.2) is 107 Å². The number of thiocarbonyl (C=S) groups is 2. The van der Waals surface area contributed by atoms with Gasteiger partial charge in [0, 0.05) is 64.2 Å². The van der Waals surface area contributed by atoms with Gasteiger partial charge in [0.25, 0.3) is 0 Å². The van der Waals surface area contributed by atoms with E-state index in [9.17, 15) is 9.59 Å². The molecule has 0 rings (SSSR count). The number of carbonyl (C=O) groups is 2. The summed E-state index contributed by atoms with van der Waals surface area (Å²) in [5, 5.41) is 22.7. The molecule has 0 aliphatic carbocycles. The summed E-state index contributed by atoms with van der Waals surface area (Å²) in [7, 11) is 0.